The molecule has 0 saturated heterocycles. The molecule has 0 unspecified atom stereocenters. The second-order valence-electron chi connectivity index (χ2n) is 5.05. The van der Waals surface area contributed by atoms with Crippen molar-refractivity contribution in [1.82, 2.24) is 9.13 Å². The molecule has 0 amide bonds. The maximum Gasteiger partial charge on any atom is 0.431 e. The van der Waals surface area contributed by atoms with E-state index in [9.17, 15) is 22.8 Å². The summed E-state index contributed by atoms with van der Waals surface area (Å²) in [7, 11) is 3.66. The predicted octanol–water partition coefficient (Wildman–Crippen LogP) is 2.50. The van der Waals surface area contributed by atoms with E-state index in [-0.39, 0.29) is 10.7 Å². The number of hydrogen-bond donors (Lipinski definition) is 0. The Bertz CT molecular complexity index is 901. The summed E-state index contributed by atoms with van der Waals surface area (Å²) in [5.41, 5.74) is -3.23. The maximum absolute atomic E-state index is 12.9. The summed E-state index contributed by atoms with van der Waals surface area (Å²) in [4.78, 5) is 24.4. The van der Waals surface area contributed by atoms with Gasteiger partial charge in [-0.25, -0.2) is 9.36 Å². The molecule has 1 aromatic carbocycles. The summed E-state index contributed by atoms with van der Waals surface area (Å²) < 4.78 is 49.8. The van der Waals surface area contributed by atoms with E-state index in [1.165, 1.54) is 32.4 Å². The highest BCUT2D eigenvalue weighted by molar-refractivity contribution is 6.31. The van der Waals surface area contributed by atoms with E-state index in [1.54, 1.807) is 0 Å². The van der Waals surface area contributed by atoms with Crippen molar-refractivity contribution < 1.29 is 22.6 Å². The Labute approximate surface area is 145 Å². The van der Waals surface area contributed by atoms with Crippen molar-refractivity contribution >= 4 is 11.6 Å². The third kappa shape index (κ3) is 3.63. The highest BCUT2D eigenvalue weighted by atomic mass is 35.5. The lowest BCUT2D eigenvalue weighted by Crippen LogP contribution is -2.40. The van der Waals surface area contributed by atoms with Gasteiger partial charge in [-0.1, -0.05) is 11.6 Å². The van der Waals surface area contributed by atoms with Gasteiger partial charge in [0.1, 0.15) is 5.69 Å². The van der Waals surface area contributed by atoms with Crippen LogP contribution in [0, 0.1) is 0 Å². The molecule has 0 aliphatic heterocycles. The molecule has 0 atom stereocenters. The summed E-state index contributed by atoms with van der Waals surface area (Å²) in [5.74, 6) is 0. The molecular formula is C15H14ClF3N2O4. The fourth-order valence-electron chi connectivity index (χ4n) is 2.34. The normalized spacial score (nSPS) is 12.0. The molecule has 0 aliphatic carbocycles. The number of ether oxygens (including phenoxy) is 2. The first-order valence-corrected chi connectivity index (χ1v) is 7.25. The van der Waals surface area contributed by atoms with Gasteiger partial charge >= 0.3 is 11.9 Å². The van der Waals surface area contributed by atoms with Gasteiger partial charge in [-0.2, -0.15) is 13.2 Å². The van der Waals surface area contributed by atoms with Crippen LogP contribution in [-0.4, -0.2) is 23.4 Å². The van der Waals surface area contributed by atoms with E-state index in [2.05, 4.69) is 0 Å². The summed E-state index contributed by atoms with van der Waals surface area (Å²) >= 11 is 6.05. The highest BCUT2D eigenvalue weighted by Crippen LogP contribution is 2.29. The summed E-state index contributed by atoms with van der Waals surface area (Å²) in [5, 5.41) is 0.245. The van der Waals surface area contributed by atoms with E-state index in [0.29, 0.717) is 20.8 Å². The molecule has 0 spiro atoms. The highest BCUT2D eigenvalue weighted by Gasteiger charge is 2.35. The predicted molar refractivity (Wildman–Crippen MR) is 84.1 cm³/mol. The smallest absolute Gasteiger partial charge is 0.352 e. The molecule has 2 aromatic rings. The minimum Gasteiger partial charge on any atom is -0.352 e. The second kappa shape index (κ2) is 7.03. The number of hydrogen-bond acceptors (Lipinski definition) is 4. The Morgan fingerprint density at radius 2 is 1.72 bits per heavy atom. The minimum absolute atomic E-state index is 0.0397. The van der Waals surface area contributed by atoms with Gasteiger partial charge in [0.15, 0.2) is 6.29 Å². The zero-order valence-electron chi connectivity index (χ0n) is 13.4. The molecule has 10 heteroatoms. The Hall–Kier alpha value is -2.10. The number of benzene rings is 1. The summed E-state index contributed by atoms with van der Waals surface area (Å²) in [6.07, 6.45) is -5.70. The first kappa shape index (κ1) is 19.2. The summed E-state index contributed by atoms with van der Waals surface area (Å²) in [6.45, 7) is 0. The van der Waals surface area contributed by atoms with Crippen molar-refractivity contribution in [3.05, 3.63) is 61.4 Å². The molecule has 0 bridgehead atoms. The van der Waals surface area contributed by atoms with Gasteiger partial charge in [-0.05, 0) is 18.2 Å². The molecule has 0 radical (unpaired) electrons. The number of aromatic nitrogens is 2. The average Bonchev–Trinajstić information content (AvgIpc) is 2.53. The number of rotatable bonds is 4. The molecule has 1 heterocycles. The van der Waals surface area contributed by atoms with E-state index in [1.807, 2.05) is 0 Å². The van der Waals surface area contributed by atoms with Gasteiger partial charge < -0.3 is 9.47 Å². The van der Waals surface area contributed by atoms with Gasteiger partial charge in [0.25, 0.3) is 5.56 Å². The van der Waals surface area contributed by atoms with Gasteiger partial charge in [-0.15, -0.1) is 0 Å². The zero-order valence-corrected chi connectivity index (χ0v) is 14.2. The monoisotopic (exact) mass is 378 g/mol. The molecule has 25 heavy (non-hydrogen) atoms. The molecule has 0 aliphatic rings. The van der Waals surface area contributed by atoms with Crippen LogP contribution >= 0.6 is 11.6 Å². The first-order valence-electron chi connectivity index (χ1n) is 6.87. The number of halogens is 4. The molecule has 0 N–H and O–H groups in total. The number of nitrogens with zero attached hydrogens (tertiary/aromatic N) is 2. The number of methoxy groups -OCH3 is 2. The zero-order chi connectivity index (χ0) is 18.9. The van der Waals surface area contributed by atoms with Crippen molar-refractivity contribution in [1.29, 1.82) is 0 Å². The molecule has 0 saturated carbocycles. The standard InChI is InChI=1S/C15H14ClF3N2O4/c1-20-11(15(17,18)19)7-12(22)21(14(20)23)8-4-5-10(16)9(6-8)13(24-2)25-3/h4-7,13H,1-3H3. The van der Waals surface area contributed by atoms with E-state index in [0.717, 1.165) is 7.05 Å². The van der Waals surface area contributed by atoms with Crippen LogP contribution in [0.4, 0.5) is 13.2 Å². The van der Waals surface area contributed by atoms with Gasteiger partial charge in [-0.3, -0.25) is 9.36 Å². The topological polar surface area (TPSA) is 62.5 Å². The molecule has 0 fully saturated rings. The van der Waals surface area contributed by atoms with Crippen molar-refractivity contribution in [3.63, 3.8) is 0 Å². The third-order valence-electron chi connectivity index (χ3n) is 3.53. The minimum atomic E-state index is -4.82. The van der Waals surface area contributed by atoms with Crippen LogP contribution < -0.4 is 11.2 Å². The van der Waals surface area contributed by atoms with Crippen LogP contribution in [0.25, 0.3) is 5.69 Å². The van der Waals surface area contributed by atoms with Crippen molar-refractivity contribution in [3.8, 4) is 5.69 Å². The van der Waals surface area contributed by atoms with Crippen molar-refractivity contribution in [2.45, 2.75) is 12.5 Å². The van der Waals surface area contributed by atoms with Gasteiger partial charge in [0.05, 0.1) is 5.69 Å². The maximum atomic E-state index is 12.9. The third-order valence-corrected chi connectivity index (χ3v) is 3.87. The molecule has 2 rings (SSSR count). The lowest BCUT2D eigenvalue weighted by atomic mass is 10.2. The van der Waals surface area contributed by atoms with Crippen LogP contribution in [0.1, 0.15) is 17.5 Å². The molecule has 6 nitrogen and oxygen atoms in total. The van der Waals surface area contributed by atoms with Gasteiger partial charge in [0.2, 0.25) is 0 Å². The van der Waals surface area contributed by atoms with E-state index >= 15 is 0 Å². The van der Waals surface area contributed by atoms with Crippen LogP contribution in [0.3, 0.4) is 0 Å². The Kier molecular flexibility index (Phi) is 5.40. The van der Waals surface area contributed by atoms with E-state index in [4.69, 9.17) is 21.1 Å². The molecular weight excluding hydrogens is 365 g/mol. The van der Waals surface area contributed by atoms with Crippen LogP contribution in [-0.2, 0) is 22.7 Å². The lowest BCUT2D eigenvalue weighted by molar-refractivity contribution is -0.144. The van der Waals surface area contributed by atoms with Gasteiger partial charge in [0, 0.05) is 37.9 Å². The van der Waals surface area contributed by atoms with Crippen LogP contribution in [0.15, 0.2) is 33.9 Å². The Balaban J connectivity index is 2.72. The number of alkyl halides is 3. The van der Waals surface area contributed by atoms with Crippen LogP contribution in [0.5, 0.6) is 0 Å². The average molecular weight is 379 g/mol. The largest absolute Gasteiger partial charge is 0.431 e. The van der Waals surface area contributed by atoms with Crippen molar-refractivity contribution in [2.75, 3.05) is 14.2 Å². The fraction of sp³-hybridized carbons (Fsp3) is 0.333. The fourth-order valence-corrected chi connectivity index (χ4v) is 2.54. The van der Waals surface area contributed by atoms with E-state index < -0.39 is 29.4 Å². The summed E-state index contributed by atoms with van der Waals surface area (Å²) in [6, 6.07) is 4.43. The first-order chi connectivity index (χ1) is 11.6. The Morgan fingerprint density at radius 1 is 1.12 bits per heavy atom. The van der Waals surface area contributed by atoms with Crippen LogP contribution in [0.2, 0.25) is 5.02 Å². The lowest BCUT2D eigenvalue weighted by Gasteiger charge is -2.17. The quantitative estimate of drug-likeness (QED) is 0.767. The van der Waals surface area contributed by atoms with Crippen molar-refractivity contribution in [2.24, 2.45) is 7.05 Å². The molecule has 1 aromatic heterocycles. The second-order valence-corrected chi connectivity index (χ2v) is 5.46. The molecule has 136 valence electrons. The SMILES string of the molecule is COC(OC)c1cc(-n2c(=O)cc(C(F)(F)F)n(C)c2=O)ccc1Cl. The Morgan fingerprint density at radius 3 is 2.24 bits per heavy atom.